The van der Waals surface area contributed by atoms with Crippen molar-refractivity contribution in [3.63, 3.8) is 0 Å². The van der Waals surface area contributed by atoms with Crippen LogP contribution >= 0.6 is 0 Å². The predicted octanol–water partition coefficient (Wildman–Crippen LogP) is -2.34. The highest BCUT2D eigenvalue weighted by Gasteiger charge is 2.47. The van der Waals surface area contributed by atoms with Gasteiger partial charge in [0, 0.05) is 39.3 Å². The number of β-amino-alcohol motifs (C(OH)–C–C–N with tert-alkyl or cyclic N) is 1. The average molecular weight is 1150 g/mol. The molecule has 1 aromatic carbocycles. The number of nitrogens with zero attached hydrogens (tertiary/aromatic N) is 2. The Hall–Kier alpha value is -5.42. The fourth-order valence-corrected chi connectivity index (χ4v) is 10.2. The number of aldehydes is 1. The van der Waals surface area contributed by atoms with Crippen molar-refractivity contribution >= 4 is 47.6 Å². The van der Waals surface area contributed by atoms with Crippen molar-refractivity contribution in [2.24, 2.45) is 17.6 Å². The number of nitrogens with one attached hydrogen (secondary N) is 6. The van der Waals surface area contributed by atoms with Crippen molar-refractivity contribution in [1.29, 1.82) is 0 Å². The van der Waals surface area contributed by atoms with E-state index in [1.807, 2.05) is 0 Å². The maximum atomic E-state index is 14.1. The number of nitrogens with two attached hydrogens (primary N) is 1. The van der Waals surface area contributed by atoms with Crippen LogP contribution in [0, 0.1) is 11.8 Å². The number of hydrogen-bond donors (Lipinski definition) is 16. The number of phenols is 1. The zero-order valence-corrected chi connectivity index (χ0v) is 47.5. The first kappa shape index (κ1) is 69.8. The fourth-order valence-electron chi connectivity index (χ4n) is 10.2. The van der Waals surface area contributed by atoms with Crippen molar-refractivity contribution in [2.75, 3.05) is 26.2 Å². The van der Waals surface area contributed by atoms with E-state index in [-0.39, 0.29) is 56.1 Å². The van der Waals surface area contributed by atoms with Crippen LogP contribution in [0.25, 0.3) is 0 Å². The Bertz CT molecular complexity index is 2140. The molecule has 16 unspecified atom stereocenters. The van der Waals surface area contributed by atoms with E-state index >= 15 is 0 Å². The number of unbranched alkanes of at least 4 members (excludes halogenated alkanes) is 5. The van der Waals surface area contributed by atoms with Gasteiger partial charge >= 0.3 is 0 Å². The molecule has 4 rings (SSSR count). The molecule has 0 bridgehead atoms. The average Bonchev–Trinajstić information content (AvgIpc) is 4.34. The van der Waals surface area contributed by atoms with Crippen molar-refractivity contribution in [1.82, 2.24) is 41.7 Å². The van der Waals surface area contributed by atoms with E-state index in [1.165, 1.54) is 30.7 Å². The van der Waals surface area contributed by atoms with Crippen molar-refractivity contribution in [2.45, 2.75) is 223 Å². The molecule has 3 saturated heterocycles. The molecule has 16 atom stereocenters. The van der Waals surface area contributed by atoms with E-state index in [0.29, 0.717) is 24.7 Å². The van der Waals surface area contributed by atoms with Gasteiger partial charge in [0.2, 0.25) is 41.4 Å². The Kier molecular flexibility index (Phi) is 30.7. The fraction of sp³-hybridized carbons (Fsp3) is 0.745. The number of benzene rings is 1. The van der Waals surface area contributed by atoms with Gasteiger partial charge in [-0.05, 0) is 88.1 Å². The standard InChI is InChI=1S/C50H84N8O16.C5H9NO/c1-6-27(2)23-28(3)13-11-9-7-8-10-12-14-39(66)53-34(25-38(65)46(70)56-47(71)42-37(64)20-22-57(42)50(74)41(52-30(5)60)36(63)19-21-51)44(68)54-40(29(4)59)49(73)58-26-33(62)24-35(58)45(69)55-48(72)43(67)31-15-17-32(61)18-16-31;7-4-5-2-1-3-6-5/h15-18,27-29,33-38,40-43,46,48,59,61-65,67,70,72H,6-14,19-26,51H2,1-5H3,(H,52,60)(H,53,66)(H,54,68)(H,55,69)(H,56,71);4-6H,1-3H2. The van der Waals surface area contributed by atoms with Crippen LogP contribution in [0.4, 0.5) is 0 Å². The first-order chi connectivity index (χ1) is 38.3. The summed E-state index contributed by atoms with van der Waals surface area (Å²) in [6.07, 6.45) is -3.57. The van der Waals surface area contributed by atoms with Crippen LogP contribution in [0.15, 0.2) is 24.3 Å². The van der Waals surface area contributed by atoms with Crippen molar-refractivity contribution < 1.29 is 84.3 Å². The number of carbonyl (C=O) groups is 8. The Morgan fingerprint density at radius 1 is 0.741 bits per heavy atom. The minimum atomic E-state index is -2.21. The van der Waals surface area contributed by atoms with Gasteiger partial charge in [0.05, 0.1) is 30.5 Å². The second-order valence-electron chi connectivity index (χ2n) is 22.0. The number of aliphatic hydroxyl groups excluding tert-OH is 8. The van der Waals surface area contributed by atoms with Crippen LogP contribution in [0.1, 0.15) is 149 Å². The third-order valence-corrected chi connectivity index (χ3v) is 15.0. The molecule has 1 aromatic rings. The molecule has 3 heterocycles. The monoisotopic (exact) mass is 1150 g/mol. The maximum absolute atomic E-state index is 14.1. The number of carbonyl (C=O) groups excluding carboxylic acids is 8. The summed E-state index contributed by atoms with van der Waals surface area (Å²) in [6, 6.07) is -3.06. The van der Waals surface area contributed by atoms with E-state index in [1.54, 1.807) is 0 Å². The summed E-state index contributed by atoms with van der Waals surface area (Å²) in [4.78, 5) is 106. The summed E-state index contributed by atoms with van der Waals surface area (Å²) < 4.78 is 0. The molecular weight excluding hydrogens is 1060 g/mol. The van der Waals surface area contributed by atoms with Crippen LogP contribution in [0.3, 0.4) is 0 Å². The maximum Gasteiger partial charge on any atom is 0.248 e. The number of aromatic hydroxyl groups is 1. The molecule has 0 saturated carbocycles. The Balaban J connectivity index is 0.00000227. The van der Waals surface area contributed by atoms with Crippen molar-refractivity contribution in [3.05, 3.63) is 29.8 Å². The topological polar surface area (TPSA) is 423 Å². The molecule has 3 aliphatic rings. The molecule has 460 valence electrons. The molecule has 0 radical (unpaired) electrons. The lowest BCUT2D eigenvalue weighted by Gasteiger charge is -2.33. The molecule has 26 heteroatoms. The molecule has 0 spiro atoms. The number of likely N-dealkylation sites (tertiary alicyclic amines) is 2. The molecule has 3 aliphatic heterocycles. The molecular formula is C55H93N9O17. The SMILES string of the molecule is CCC(C)CC(C)CCCCCCCCC(=O)NC(CC(O)C(O)NC(=O)C1C(O)CCN1C(=O)C(NC(C)=O)C(O)CCN)C(=O)NC(C(=O)N1CC(O)CC1C(=O)NC(O)C(O)c1ccc(O)cc1)C(C)O.O=CC1CCCN1. The predicted molar refractivity (Wildman–Crippen MR) is 294 cm³/mol. The third-order valence-electron chi connectivity index (χ3n) is 15.0. The summed E-state index contributed by atoms with van der Waals surface area (Å²) in [6.45, 7) is 9.24. The van der Waals surface area contributed by atoms with E-state index in [4.69, 9.17) is 5.73 Å². The van der Waals surface area contributed by atoms with Gasteiger partial charge in [0.1, 0.15) is 54.5 Å². The van der Waals surface area contributed by atoms with Gasteiger partial charge < -0.3 is 98.2 Å². The number of phenolic OH excluding ortho intramolecular Hbond substituents is 1. The summed E-state index contributed by atoms with van der Waals surface area (Å²) in [5.74, 6) is -5.48. The molecule has 17 N–H and O–H groups in total. The Morgan fingerprint density at radius 2 is 1.37 bits per heavy atom. The van der Waals surface area contributed by atoms with Crippen LogP contribution in [0.5, 0.6) is 5.75 Å². The lowest BCUT2D eigenvalue weighted by molar-refractivity contribution is -0.147. The largest absolute Gasteiger partial charge is 0.508 e. The zero-order valence-electron chi connectivity index (χ0n) is 47.5. The molecule has 3 fully saturated rings. The number of rotatable bonds is 32. The molecule has 81 heavy (non-hydrogen) atoms. The summed E-state index contributed by atoms with van der Waals surface area (Å²) in [5.41, 5.74) is 5.66. The molecule has 7 amide bonds. The summed E-state index contributed by atoms with van der Waals surface area (Å²) in [7, 11) is 0. The first-order valence-corrected chi connectivity index (χ1v) is 28.5. The molecule has 26 nitrogen and oxygen atoms in total. The number of hydrogen-bond acceptors (Lipinski definition) is 19. The quantitative estimate of drug-likeness (QED) is 0.0204. The Labute approximate surface area is 474 Å². The van der Waals surface area contributed by atoms with Gasteiger partial charge in [-0.1, -0.05) is 77.8 Å². The smallest absolute Gasteiger partial charge is 0.248 e. The van der Waals surface area contributed by atoms with Gasteiger partial charge in [0.15, 0.2) is 12.5 Å². The number of amides is 7. The van der Waals surface area contributed by atoms with E-state index in [0.717, 1.165) is 87.8 Å². The highest BCUT2D eigenvalue weighted by Crippen LogP contribution is 2.25. The second kappa shape index (κ2) is 35.5. The molecule has 0 aliphatic carbocycles. The minimum Gasteiger partial charge on any atom is -0.508 e. The lowest BCUT2D eigenvalue weighted by atomic mass is 9.91. The van der Waals surface area contributed by atoms with E-state index in [9.17, 15) is 84.3 Å². The summed E-state index contributed by atoms with van der Waals surface area (Å²) >= 11 is 0. The second-order valence-corrected chi connectivity index (χ2v) is 22.0. The number of aliphatic hydroxyl groups is 8. The Morgan fingerprint density at radius 3 is 1.95 bits per heavy atom. The minimum absolute atomic E-state index is 0.0560. The van der Waals surface area contributed by atoms with E-state index in [2.05, 4.69) is 52.7 Å². The van der Waals surface area contributed by atoms with Gasteiger partial charge in [-0.2, -0.15) is 0 Å². The van der Waals surface area contributed by atoms with Crippen LogP contribution in [-0.2, 0) is 38.4 Å². The lowest BCUT2D eigenvalue weighted by Crippen LogP contribution is -2.61. The van der Waals surface area contributed by atoms with Gasteiger partial charge in [-0.15, -0.1) is 0 Å². The zero-order chi connectivity index (χ0) is 60.5. The van der Waals surface area contributed by atoms with Gasteiger partial charge in [-0.3, -0.25) is 33.6 Å². The van der Waals surface area contributed by atoms with Gasteiger partial charge in [0.25, 0.3) is 0 Å². The van der Waals surface area contributed by atoms with Crippen molar-refractivity contribution in [3.8, 4) is 5.75 Å². The highest BCUT2D eigenvalue weighted by molar-refractivity contribution is 5.95. The van der Waals surface area contributed by atoms with Crippen LogP contribution < -0.4 is 37.6 Å². The highest BCUT2D eigenvalue weighted by atomic mass is 16.4. The van der Waals surface area contributed by atoms with Crippen LogP contribution in [-0.4, -0.2) is 209 Å². The normalized spacial score (nSPS) is 22.9. The van der Waals surface area contributed by atoms with E-state index < -0.39 is 134 Å². The summed E-state index contributed by atoms with van der Waals surface area (Å²) in [5, 5.41) is 111. The first-order valence-electron chi connectivity index (χ1n) is 28.5. The third kappa shape index (κ3) is 23.0. The van der Waals surface area contributed by atoms with Gasteiger partial charge in [-0.25, -0.2) is 0 Å². The molecule has 0 aromatic heterocycles. The van der Waals surface area contributed by atoms with Crippen LogP contribution in [0.2, 0.25) is 0 Å².